The Bertz CT molecular complexity index is 1200. The van der Waals surface area contributed by atoms with E-state index in [2.05, 4.69) is 10.4 Å². The Balaban J connectivity index is 1.31. The molecule has 7 heteroatoms. The molecule has 1 saturated carbocycles. The lowest BCUT2D eigenvalue weighted by Gasteiger charge is -2.32. The van der Waals surface area contributed by atoms with Crippen LogP contribution in [0.1, 0.15) is 69.3 Å². The van der Waals surface area contributed by atoms with E-state index < -0.39 is 0 Å². The van der Waals surface area contributed by atoms with E-state index in [1.807, 2.05) is 56.1 Å². The van der Waals surface area contributed by atoms with Crippen LogP contribution in [0.4, 0.5) is 0 Å². The number of fused-ring (bicyclic) bond motifs is 1. The molecule has 1 saturated heterocycles. The monoisotopic (exact) mass is 431 g/mol. The first-order chi connectivity index (χ1) is 15.4. The third-order valence-electron chi connectivity index (χ3n) is 6.72. The number of piperidine rings is 1. The van der Waals surface area contributed by atoms with Crippen molar-refractivity contribution in [2.24, 2.45) is 7.05 Å². The summed E-state index contributed by atoms with van der Waals surface area (Å²) in [5.74, 6) is 0.464. The highest BCUT2D eigenvalue weighted by molar-refractivity contribution is 6.06. The first-order valence-corrected chi connectivity index (χ1v) is 11.4. The lowest BCUT2D eigenvalue weighted by atomic mass is 10.0. The Hall–Kier alpha value is -3.22. The van der Waals surface area contributed by atoms with Gasteiger partial charge in [0.1, 0.15) is 0 Å². The molecular formula is C25H29N5O2. The van der Waals surface area contributed by atoms with Gasteiger partial charge in [0.15, 0.2) is 5.65 Å². The van der Waals surface area contributed by atoms with Gasteiger partial charge in [0, 0.05) is 43.4 Å². The van der Waals surface area contributed by atoms with Crippen molar-refractivity contribution in [2.75, 3.05) is 13.1 Å². The second-order valence-electron chi connectivity index (χ2n) is 9.13. The predicted octanol–water partition coefficient (Wildman–Crippen LogP) is 3.50. The number of nitrogens with zero attached hydrogens (tertiary/aromatic N) is 4. The summed E-state index contributed by atoms with van der Waals surface area (Å²) in [6, 6.07) is 9.68. The standard InChI is InChI=1S/C25H29N5O2/c1-15-6-4-5-7-19(15)24(31)26-18-10-12-30(13-11-18)25(32)20-14-21(17-8-9-17)27-23-22(20)16(2)28-29(23)3/h4-7,14,17-18H,8-13H2,1-3H3,(H,26,31). The molecule has 2 amide bonds. The fourth-order valence-electron chi connectivity index (χ4n) is 4.71. The molecule has 1 aromatic carbocycles. The summed E-state index contributed by atoms with van der Waals surface area (Å²) in [6.45, 7) is 5.13. The average Bonchev–Trinajstić information content (AvgIpc) is 3.60. The molecule has 0 atom stereocenters. The van der Waals surface area contributed by atoms with Crippen molar-refractivity contribution in [1.29, 1.82) is 0 Å². The molecular weight excluding hydrogens is 402 g/mol. The van der Waals surface area contributed by atoms with E-state index in [1.54, 1.807) is 4.68 Å². The highest BCUT2D eigenvalue weighted by Gasteiger charge is 2.31. The van der Waals surface area contributed by atoms with Crippen LogP contribution in [-0.2, 0) is 7.05 Å². The summed E-state index contributed by atoms with van der Waals surface area (Å²) in [6.07, 6.45) is 3.77. The van der Waals surface area contributed by atoms with Gasteiger partial charge >= 0.3 is 0 Å². The summed E-state index contributed by atoms with van der Waals surface area (Å²) in [7, 11) is 1.88. The van der Waals surface area contributed by atoms with Gasteiger partial charge in [0.25, 0.3) is 11.8 Å². The van der Waals surface area contributed by atoms with Crippen LogP contribution in [0.3, 0.4) is 0 Å². The number of benzene rings is 1. The number of rotatable bonds is 4. The molecule has 1 aliphatic carbocycles. The third-order valence-corrected chi connectivity index (χ3v) is 6.72. The van der Waals surface area contributed by atoms with E-state index in [4.69, 9.17) is 4.98 Å². The summed E-state index contributed by atoms with van der Waals surface area (Å²) in [5, 5.41) is 8.52. The maximum Gasteiger partial charge on any atom is 0.254 e. The number of carbonyl (C=O) groups is 2. The molecule has 0 radical (unpaired) electrons. The molecule has 0 spiro atoms. The third kappa shape index (κ3) is 3.76. The highest BCUT2D eigenvalue weighted by atomic mass is 16.2. The van der Waals surface area contributed by atoms with E-state index in [9.17, 15) is 9.59 Å². The van der Waals surface area contributed by atoms with Crippen LogP contribution in [0.2, 0.25) is 0 Å². The molecule has 3 heterocycles. The Labute approximate surface area is 187 Å². The van der Waals surface area contributed by atoms with Crippen LogP contribution in [0, 0.1) is 13.8 Å². The highest BCUT2D eigenvalue weighted by Crippen LogP contribution is 2.40. The van der Waals surface area contributed by atoms with E-state index in [0.717, 1.165) is 53.7 Å². The van der Waals surface area contributed by atoms with Crippen LogP contribution < -0.4 is 5.32 Å². The molecule has 2 fully saturated rings. The summed E-state index contributed by atoms with van der Waals surface area (Å²) in [5.41, 5.74) is 5.02. The number of hydrogen-bond acceptors (Lipinski definition) is 4. The Morgan fingerprint density at radius 2 is 1.75 bits per heavy atom. The van der Waals surface area contributed by atoms with Gasteiger partial charge in [0.2, 0.25) is 0 Å². The van der Waals surface area contributed by atoms with Gasteiger partial charge in [-0.2, -0.15) is 5.10 Å². The van der Waals surface area contributed by atoms with Crippen molar-refractivity contribution in [3.05, 3.63) is 58.4 Å². The number of aromatic nitrogens is 3. The minimum Gasteiger partial charge on any atom is -0.349 e. The molecule has 2 aromatic heterocycles. The van der Waals surface area contributed by atoms with E-state index in [0.29, 0.717) is 30.1 Å². The minimum absolute atomic E-state index is 0.0382. The smallest absolute Gasteiger partial charge is 0.254 e. The van der Waals surface area contributed by atoms with Crippen LogP contribution in [0.25, 0.3) is 11.0 Å². The second kappa shape index (κ2) is 8.04. The fourth-order valence-corrected chi connectivity index (χ4v) is 4.71. The number of amides is 2. The van der Waals surface area contributed by atoms with Gasteiger partial charge < -0.3 is 10.2 Å². The first-order valence-electron chi connectivity index (χ1n) is 11.4. The van der Waals surface area contributed by atoms with Crippen LogP contribution in [0.15, 0.2) is 30.3 Å². The fraction of sp³-hybridized carbons (Fsp3) is 0.440. The Kier molecular flexibility index (Phi) is 5.19. The number of pyridine rings is 1. The van der Waals surface area contributed by atoms with Gasteiger partial charge in [-0.05, 0) is 57.2 Å². The quantitative estimate of drug-likeness (QED) is 0.686. The molecule has 1 aliphatic heterocycles. The van der Waals surface area contributed by atoms with Crippen molar-refractivity contribution < 1.29 is 9.59 Å². The van der Waals surface area contributed by atoms with Gasteiger partial charge in [-0.1, -0.05) is 18.2 Å². The van der Waals surface area contributed by atoms with Gasteiger partial charge in [0.05, 0.1) is 16.6 Å². The number of carbonyl (C=O) groups excluding carboxylic acids is 2. The van der Waals surface area contributed by atoms with E-state index >= 15 is 0 Å². The topological polar surface area (TPSA) is 80.1 Å². The van der Waals surface area contributed by atoms with Crippen LogP contribution in [0.5, 0.6) is 0 Å². The minimum atomic E-state index is -0.0382. The Morgan fingerprint density at radius 3 is 2.44 bits per heavy atom. The maximum atomic E-state index is 13.5. The van der Waals surface area contributed by atoms with Crippen LogP contribution in [-0.4, -0.2) is 50.6 Å². The maximum absolute atomic E-state index is 13.5. The Morgan fingerprint density at radius 1 is 1.03 bits per heavy atom. The summed E-state index contributed by atoms with van der Waals surface area (Å²) < 4.78 is 1.78. The van der Waals surface area contributed by atoms with Crippen molar-refractivity contribution in [1.82, 2.24) is 25.0 Å². The van der Waals surface area contributed by atoms with Crippen LogP contribution >= 0.6 is 0 Å². The zero-order valence-corrected chi connectivity index (χ0v) is 18.9. The van der Waals surface area contributed by atoms with Gasteiger partial charge in [-0.25, -0.2) is 4.98 Å². The molecule has 0 bridgehead atoms. The molecule has 32 heavy (non-hydrogen) atoms. The largest absolute Gasteiger partial charge is 0.349 e. The first kappa shape index (κ1) is 20.7. The SMILES string of the molecule is Cc1ccccc1C(=O)NC1CCN(C(=O)c2cc(C3CC3)nc3c2c(C)nn3C)CC1. The zero-order chi connectivity index (χ0) is 22.4. The number of aryl methyl sites for hydroxylation is 3. The number of likely N-dealkylation sites (tertiary alicyclic amines) is 1. The van der Waals surface area contributed by atoms with Crippen molar-refractivity contribution >= 4 is 22.8 Å². The molecule has 2 aliphatic rings. The van der Waals surface area contributed by atoms with Crippen molar-refractivity contribution in [2.45, 2.75) is 51.5 Å². The van der Waals surface area contributed by atoms with E-state index in [1.165, 1.54) is 0 Å². The van der Waals surface area contributed by atoms with Crippen molar-refractivity contribution in [3.8, 4) is 0 Å². The molecule has 1 N–H and O–H groups in total. The number of nitrogens with one attached hydrogen (secondary N) is 1. The summed E-state index contributed by atoms with van der Waals surface area (Å²) >= 11 is 0. The molecule has 0 unspecified atom stereocenters. The zero-order valence-electron chi connectivity index (χ0n) is 18.9. The lowest BCUT2D eigenvalue weighted by molar-refractivity contribution is 0.0699. The normalized spacial score (nSPS) is 17.0. The second-order valence-corrected chi connectivity index (χ2v) is 9.13. The van der Waals surface area contributed by atoms with Crippen molar-refractivity contribution in [3.63, 3.8) is 0 Å². The predicted molar refractivity (Wildman–Crippen MR) is 123 cm³/mol. The van der Waals surface area contributed by atoms with E-state index in [-0.39, 0.29) is 17.9 Å². The molecule has 3 aromatic rings. The molecule has 5 rings (SSSR count). The molecule has 166 valence electrons. The van der Waals surface area contributed by atoms with Gasteiger partial charge in [-0.3, -0.25) is 14.3 Å². The summed E-state index contributed by atoms with van der Waals surface area (Å²) in [4.78, 5) is 32.9. The van der Waals surface area contributed by atoms with Gasteiger partial charge in [-0.15, -0.1) is 0 Å². The number of hydrogen-bond donors (Lipinski definition) is 1. The lowest BCUT2D eigenvalue weighted by Crippen LogP contribution is -2.46. The average molecular weight is 432 g/mol. The molecule has 7 nitrogen and oxygen atoms in total.